The van der Waals surface area contributed by atoms with E-state index >= 15 is 0 Å². The molecule has 0 nitrogen and oxygen atoms in total. The molecule has 2 aliphatic rings. The van der Waals surface area contributed by atoms with Gasteiger partial charge in [0.25, 0.3) is 0 Å². The highest BCUT2D eigenvalue weighted by Crippen LogP contribution is 2.47. The maximum absolute atomic E-state index is 2.44. The topological polar surface area (TPSA) is 0 Å². The molecule has 4 unspecified atom stereocenters. The highest BCUT2D eigenvalue weighted by Gasteiger charge is 2.36. The van der Waals surface area contributed by atoms with Crippen LogP contribution >= 0.6 is 8.58 Å². The van der Waals surface area contributed by atoms with Crippen molar-refractivity contribution in [3.8, 4) is 0 Å². The fraction of sp³-hybridized carbons (Fsp3) is 1.00. The number of hydrogen-bond donors (Lipinski definition) is 0. The van der Waals surface area contributed by atoms with Crippen LogP contribution in [0.2, 0.25) is 0 Å². The lowest BCUT2D eigenvalue weighted by Crippen LogP contribution is -2.09. The van der Waals surface area contributed by atoms with Crippen molar-refractivity contribution in [3.05, 3.63) is 0 Å². The maximum atomic E-state index is 2.44. The second-order valence-electron chi connectivity index (χ2n) is 3.64. The third kappa shape index (κ3) is 0.923. The second-order valence-corrected chi connectivity index (χ2v) is 4.95. The molecule has 2 fully saturated rings. The molecule has 0 aromatic rings. The summed E-state index contributed by atoms with van der Waals surface area (Å²) in [4.78, 5) is 0. The second kappa shape index (κ2) is 2.23. The Labute approximate surface area is 59.2 Å². The monoisotopic (exact) mass is 142 g/mol. The van der Waals surface area contributed by atoms with Crippen molar-refractivity contribution >= 4 is 8.58 Å². The Balaban J connectivity index is 2.07. The zero-order chi connectivity index (χ0) is 6.27. The molecule has 0 aromatic heterocycles. The van der Waals surface area contributed by atoms with Crippen LogP contribution in [-0.2, 0) is 0 Å². The summed E-state index contributed by atoms with van der Waals surface area (Å²) >= 11 is 0. The van der Waals surface area contributed by atoms with Crippen molar-refractivity contribution in [2.75, 3.05) is 12.3 Å². The van der Waals surface area contributed by atoms with E-state index in [1.54, 1.807) is 18.7 Å². The Morgan fingerprint density at radius 3 is 2.89 bits per heavy atom. The van der Waals surface area contributed by atoms with Crippen LogP contribution in [0.1, 0.15) is 19.8 Å². The average Bonchev–Trinajstić information content (AvgIpc) is 2.35. The molecule has 1 aliphatic carbocycles. The summed E-state index contributed by atoms with van der Waals surface area (Å²) in [5.41, 5.74) is 0. The maximum Gasteiger partial charge on any atom is -0.0320 e. The van der Waals surface area contributed by atoms with Crippen LogP contribution in [0, 0.1) is 17.8 Å². The molecule has 9 heavy (non-hydrogen) atoms. The van der Waals surface area contributed by atoms with E-state index in [1.165, 1.54) is 20.9 Å². The molecule has 0 spiro atoms. The first kappa shape index (κ1) is 6.16. The molecular formula is C8H15P. The molecule has 0 amide bonds. The van der Waals surface area contributed by atoms with Crippen molar-refractivity contribution in [1.29, 1.82) is 0 Å². The molecular weight excluding hydrogens is 127 g/mol. The van der Waals surface area contributed by atoms with Gasteiger partial charge in [0.05, 0.1) is 0 Å². The molecule has 1 heteroatoms. The lowest BCUT2D eigenvalue weighted by molar-refractivity contribution is 0.408. The van der Waals surface area contributed by atoms with Crippen molar-refractivity contribution in [1.82, 2.24) is 0 Å². The molecule has 0 N–H and O–H groups in total. The molecule has 2 rings (SSSR count). The Bertz CT molecular complexity index is 111. The Kier molecular flexibility index (Phi) is 1.53. The minimum atomic E-state index is 1.07. The fourth-order valence-corrected chi connectivity index (χ4v) is 4.54. The molecule has 1 saturated carbocycles. The van der Waals surface area contributed by atoms with E-state index in [0.29, 0.717) is 0 Å². The van der Waals surface area contributed by atoms with Gasteiger partial charge in [-0.25, -0.2) is 0 Å². The van der Waals surface area contributed by atoms with Gasteiger partial charge in [-0.3, -0.25) is 0 Å². The van der Waals surface area contributed by atoms with E-state index in [4.69, 9.17) is 0 Å². The SMILES string of the molecule is CC1CCC2CPCC12. The normalized spacial score (nSPS) is 52.3. The molecule has 1 heterocycles. The summed E-state index contributed by atoms with van der Waals surface area (Å²) in [6.07, 6.45) is 6.24. The van der Waals surface area contributed by atoms with Crippen molar-refractivity contribution in [2.24, 2.45) is 17.8 Å². The lowest BCUT2D eigenvalue weighted by Gasteiger charge is -2.11. The Morgan fingerprint density at radius 2 is 2.11 bits per heavy atom. The van der Waals surface area contributed by atoms with E-state index in [2.05, 4.69) is 6.92 Å². The summed E-state index contributed by atoms with van der Waals surface area (Å²) < 4.78 is 0. The molecule has 1 saturated heterocycles. The van der Waals surface area contributed by atoms with Crippen LogP contribution in [0.4, 0.5) is 0 Å². The van der Waals surface area contributed by atoms with Gasteiger partial charge in [0.15, 0.2) is 0 Å². The zero-order valence-corrected chi connectivity index (χ0v) is 7.06. The molecule has 4 atom stereocenters. The summed E-state index contributed by atoms with van der Waals surface area (Å²) in [5.74, 6) is 3.40. The molecule has 0 radical (unpaired) electrons. The highest BCUT2D eigenvalue weighted by atomic mass is 31.1. The van der Waals surface area contributed by atoms with Gasteiger partial charge in [-0.15, -0.1) is 8.58 Å². The number of fused-ring (bicyclic) bond motifs is 1. The minimum Gasteiger partial charge on any atom is -0.122 e. The van der Waals surface area contributed by atoms with Gasteiger partial charge in [0, 0.05) is 0 Å². The summed E-state index contributed by atoms with van der Waals surface area (Å²) in [5, 5.41) is 0. The van der Waals surface area contributed by atoms with Crippen LogP contribution in [-0.4, -0.2) is 12.3 Å². The highest BCUT2D eigenvalue weighted by molar-refractivity contribution is 7.38. The van der Waals surface area contributed by atoms with Crippen LogP contribution in [0.3, 0.4) is 0 Å². The largest absolute Gasteiger partial charge is 0.122 e. The first-order chi connectivity index (χ1) is 4.38. The molecule has 0 aromatic carbocycles. The Hall–Kier alpha value is 0.430. The predicted molar refractivity (Wildman–Crippen MR) is 43.4 cm³/mol. The first-order valence-electron chi connectivity index (χ1n) is 4.08. The first-order valence-corrected chi connectivity index (χ1v) is 5.50. The van der Waals surface area contributed by atoms with Crippen molar-refractivity contribution in [3.63, 3.8) is 0 Å². The van der Waals surface area contributed by atoms with Gasteiger partial charge in [-0.05, 0) is 36.5 Å². The van der Waals surface area contributed by atoms with Gasteiger partial charge in [0.1, 0.15) is 0 Å². The Morgan fingerprint density at radius 1 is 1.22 bits per heavy atom. The summed E-state index contributed by atoms with van der Waals surface area (Å²) in [6.45, 7) is 2.44. The van der Waals surface area contributed by atoms with E-state index in [9.17, 15) is 0 Å². The van der Waals surface area contributed by atoms with Crippen molar-refractivity contribution < 1.29 is 0 Å². The standard InChI is InChI=1S/C8H15P/c1-6-2-3-7-4-9-5-8(6)7/h6-9H,2-5H2,1H3. The van der Waals surface area contributed by atoms with Crippen LogP contribution < -0.4 is 0 Å². The van der Waals surface area contributed by atoms with E-state index < -0.39 is 0 Å². The fourth-order valence-electron chi connectivity index (χ4n) is 2.43. The van der Waals surface area contributed by atoms with Gasteiger partial charge in [-0.1, -0.05) is 13.3 Å². The van der Waals surface area contributed by atoms with E-state index in [0.717, 1.165) is 11.8 Å². The van der Waals surface area contributed by atoms with Crippen LogP contribution in [0.25, 0.3) is 0 Å². The lowest BCUT2D eigenvalue weighted by atomic mass is 9.94. The van der Waals surface area contributed by atoms with Gasteiger partial charge in [0.2, 0.25) is 0 Å². The van der Waals surface area contributed by atoms with Gasteiger partial charge >= 0.3 is 0 Å². The third-order valence-electron chi connectivity index (χ3n) is 3.12. The number of rotatable bonds is 0. The van der Waals surface area contributed by atoms with E-state index in [1.807, 2.05) is 0 Å². The number of hydrogen-bond acceptors (Lipinski definition) is 0. The van der Waals surface area contributed by atoms with Crippen LogP contribution in [0.15, 0.2) is 0 Å². The molecule has 1 aliphatic heterocycles. The van der Waals surface area contributed by atoms with Gasteiger partial charge in [-0.2, -0.15) is 0 Å². The minimum absolute atomic E-state index is 1.07. The third-order valence-corrected chi connectivity index (χ3v) is 4.69. The zero-order valence-electron chi connectivity index (χ0n) is 6.06. The smallest absolute Gasteiger partial charge is 0.0320 e. The van der Waals surface area contributed by atoms with Crippen LogP contribution in [0.5, 0.6) is 0 Å². The molecule has 0 bridgehead atoms. The molecule has 52 valence electrons. The van der Waals surface area contributed by atoms with Crippen molar-refractivity contribution in [2.45, 2.75) is 19.8 Å². The average molecular weight is 142 g/mol. The van der Waals surface area contributed by atoms with Gasteiger partial charge < -0.3 is 0 Å². The summed E-state index contributed by atoms with van der Waals surface area (Å²) in [6, 6.07) is 0. The van der Waals surface area contributed by atoms with E-state index in [-0.39, 0.29) is 0 Å². The predicted octanol–water partition coefficient (Wildman–Crippen LogP) is 2.34. The summed E-state index contributed by atoms with van der Waals surface area (Å²) in [7, 11) is 1.31. The quantitative estimate of drug-likeness (QED) is 0.455.